The third kappa shape index (κ3) is 2.08. The van der Waals surface area contributed by atoms with Gasteiger partial charge in [0.25, 0.3) is 0 Å². The van der Waals surface area contributed by atoms with Crippen molar-refractivity contribution in [3.63, 3.8) is 0 Å². The summed E-state index contributed by atoms with van der Waals surface area (Å²) in [6.45, 7) is 13.1. The van der Waals surface area contributed by atoms with Crippen LogP contribution in [0.5, 0.6) is 0 Å². The number of nitrogens with zero attached hydrogens (tertiary/aromatic N) is 2. The largest absolute Gasteiger partial charge is 0.622 e. The van der Waals surface area contributed by atoms with Crippen LogP contribution in [-0.2, 0) is 0 Å². The van der Waals surface area contributed by atoms with E-state index in [0.29, 0.717) is 18.6 Å². The maximum Gasteiger partial charge on any atom is 0.224 e. The fourth-order valence-corrected chi connectivity index (χ4v) is 2.88. The van der Waals surface area contributed by atoms with Crippen molar-refractivity contribution >= 4 is 5.71 Å². The highest BCUT2D eigenvalue weighted by Crippen LogP contribution is 2.37. The third-order valence-corrected chi connectivity index (χ3v) is 4.28. The molecule has 1 heterocycles. The van der Waals surface area contributed by atoms with Crippen molar-refractivity contribution in [3.8, 4) is 0 Å². The summed E-state index contributed by atoms with van der Waals surface area (Å²) in [6, 6.07) is 0. The Bertz CT molecular complexity index is 381. The summed E-state index contributed by atoms with van der Waals surface area (Å²) < 4.78 is 0.968. The molecule has 0 spiro atoms. The lowest BCUT2D eigenvalue weighted by Gasteiger charge is -2.34. The number of allylic oxidation sites excluding steroid dienone is 1. The molecule has 0 saturated carbocycles. The second-order valence-electron chi connectivity index (χ2n) is 6.36. The van der Waals surface area contributed by atoms with E-state index < -0.39 is 16.8 Å². The lowest BCUT2D eigenvalue weighted by Crippen LogP contribution is -2.54. The molecule has 0 aromatic rings. The molecular formula is C14H26N2O2. The van der Waals surface area contributed by atoms with Gasteiger partial charge >= 0.3 is 0 Å². The first kappa shape index (κ1) is 15.2. The number of hydrogen-bond donors (Lipinski definition) is 1. The van der Waals surface area contributed by atoms with Crippen LogP contribution in [0.4, 0.5) is 0 Å². The van der Waals surface area contributed by atoms with Crippen molar-refractivity contribution in [1.29, 1.82) is 0 Å². The zero-order valence-electron chi connectivity index (χ0n) is 12.4. The Morgan fingerprint density at radius 1 is 1.44 bits per heavy atom. The quantitative estimate of drug-likeness (QED) is 0.475. The van der Waals surface area contributed by atoms with Gasteiger partial charge in [-0.2, -0.15) is 4.74 Å². The molecule has 0 aromatic carbocycles. The minimum atomic E-state index is -1.11. The van der Waals surface area contributed by atoms with Gasteiger partial charge in [-0.15, -0.1) is 6.58 Å². The molecule has 0 aromatic heterocycles. The van der Waals surface area contributed by atoms with Gasteiger partial charge in [0.15, 0.2) is 0 Å². The van der Waals surface area contributed by atoms with Gasteiger partial charge in [-0.25, -0.2) is 4.90 Å². The van der Waals surface area contributed by atoms with Crippen molar-refractivity contribution < 1.29 is 9.85 Å². The summed E-state index contributed by atoms with van der Waals surface area (Å²) in [7, 11) is 1.92. The first-order chi connectivity index (χ1) is 7.99. The predicted octanol–water partition coefficient (Wildman–Crippen LogP) is 2.12. The molecule has 1 N–H and O–H groups in total. The molecule has 104 valence electrons. The van der Waals surface area contributed by atoms with Crippen molar-refractivity contribution in [2.24, 2.45) is 0 Å². The van der Waals surface area contributed by atoms with Gasteiger partial charge in [0.1, 0.15) is 11.1 Å². The van der Waals surface area contributed by atoms with Crippen molar-refractivity contribution in [1.82, 2.24) is 4.90 Å². The van der Waals surface area contributed by atoms with E-state index in [1.807, 2.05) is 39.6 Å². The van der Waals surface area contributed by atoms with Crippen molar-refractivity contribution in [3.05, 3.63) is 17.9 Å². The van der Waals surface area contributed by atoms with Crippen LogP contribution in [0.15, 0.2) is 12.7 Å². The van der Waals surface area contributed by atoms with Gasteiger partial charge < -0.3 is 10.3 Å². The molecule has 0 aliphatic carbocycles. The Balaban J connectivity index is 3.28. The number of aliphatic hydroxyl groups is 1. The van der Waals surface area contributed by atoms with Crippen molar-refractivity contribution in [2.45, 2.75) is 64.3 Å². The summed E-state index contributed by atoms with van der Waals surface area (Å²) in [4.78, 5) is 2.00. The normalized spacial score (nSPS) is 26.2. The molecule has 0 fully saturated rings. The molecule has 4 heteroatoms. The van der Waals surface area contributed by atoms with Crippen LogP contribution in [0.3, 0.4) is 0 Å². The second kappa shape index (κ2) is 4.35. The van der Waals surface area contributed by atoms with E-state index in [4.69, 9.17) is 0 Å². The highest BCUT2D eigenvalue weighted by atomic mass is 16.5. The molecule has 0 radical (unpaired) electrons. The Hall–Kier alpha value is -0.870. The summed E-state index contributed by atoms with van der Waals surface area (Å²) >= 11 is 0. The van der Waals surface area contributed by atoms with Gasteiger partial charge in [0.05, 0.1) is 0 Å². The standard InChI is InChI=1S/C14H26N2O2/c1-8-9-10-14(6,17)11-12(2,3)15(7)13(4,5)16(11)18/h8,17H,1,9-10H2,2-7H3. The maximum absolute atomic E-state index is 12.5. The molecule has 0 amide bonds. The predicted molar refractivity (Wildman–Crippen MR) is 74.6 cm³/mol. The number of hydroxylamine groups is 1. The monoisotopic (exact) mass is 254 g/mol. The van der Waals surface area contributed by atoms with Crippen molar-refractivity contribution in [2.75, 3.05) is 7.05 Å². The Morgan fingerprint density at radius 2 is 1.94 bits per heavy atom. The molecule has 1 aliphatic heterocycles. The first-order valence-electron chi connectivity index (χ1n) is 6.42. The minimum Gasteiger partial charge on any atom is -0.622 e. The molecule has 4 nitrogen and oxygen atoms in total. The Morgan fingerprint density at radius 3 is 2.28 bits per heavy atom. The molecular weight excluding hydrogens is 228 g/mol. The van der Waals surface area contributed by atoms with Gasteiger partial charge in [-0.05, 0) is 40.7 Å². The summed E-state index contributed by atoms with van der Waals surface area (Å²) in [5.74, 6) is 0. The maximum atomic E-state index is 12.5. The SMILES string of the molecule is C=CCCC(C)(O)C1=[N+]([O-])C(C)(C)N(C)C1(C)C. The van der Waals surface area contributed by atoms with E-state index in [-0.39, 0.29) is 0 Å². The molecule has 1 atom stereocenters. The number of hydrogen-bond acceptors (Lipinski definition) is 3. The van der Waals surface area contributed by atoms with Crippen LogP contribution in [0.25, 0.3) is 0 Å². The van der Waals surface area contributed by atoms with E-state index >= 15 is 0 Å². The van der Waals surface area contributed by atoms with E-state index in [1.54, 1.807) is 13.0 Å². The molecule has 1 unspecified atom stereocenters. The average Bonchev–Trinajstić information content (AvgIpc) is 2.35. The zero-order chi connectivity index (χ0) is 14.4. The van der Waals surface area contributed by atoms with Crippen LogP contribution in [0.1, 0.15) is 47.5 Å². The van der Waals surface area contributed by atoms with Gasteiger partial charge in [-0.1, -0.05) is 6.08 Å². The average molecular weight is 254 g/mol. The third-order valence-electron chi connectivity index (χ3n) is 4.28. The van der Waals surface area contributed by atoms with Crippen LogP contribution >= 0.6 is 0 Å². The Kier molecular flexibility index (Phi) is 3.67. The van der Waals surface area contributed by atoms with Crippen LogP contribution in [0, 0.1) is 5.21 Å². The number of rotatable bonds is 4. The minimum absolute atomic E-state index is 0.462. The zero-order valence-corrected chi connectivity index (χ0v) is 12.4. The van der Waals surface area contributed by atoms with Crippen LogP contribution < -0.4 is 0 Å². The highest BCUT2D eigenvalue weighted by molar-refractivity contribution is 5.96. The van der Waals surface area contributed by atoms with E-state index in [9.17, 15) is 10.3 Å². The van der Waals surface area contributed by atoms with E-state index in [0.717, 1.165) is 4.74 Å². The molecule has 1 rings (SSSR count). The smallest absolute Gasteiger partial charge is 0.224 e. The molecule has 18 heavy (non-hydrogen) atoms. The summed E-state index contributed by atoms with van der Waals surface area (Å²) in [5.41, 5.74) is -1.68. The molecule has 0 bridgehead atoms. The van der Waals surface area contributed by atoms with Gasteiger partial charge in [-0.3, -0.25) is 0 Å². The lowest BCUT2D eigenvalue weighted by molar-refractivity contribution is -0.559. The highest BCUT2D eigenvalue weighted by Gasteiger charge is 2.59. The Labute approximate surface area is 110 Å². The summed E-state index contributed by atoms with van der Waals surface area (Å²) in [6.07, 6.45) is 2.96. The van der Waals surface area contributed by atoms with Gasteiger partial charge in [0.2, 0.25) is 11.4 Å². The van der Waals surface area contributed by atoms with Gasteiger partial charge in [0, 0.05) is 13.8 Å². The van der Waals surface area contributed by atoms with E-state index in [2.05, 4.69) is 6.58 Å². The van der Waals surface area contributed by atoms with Crippen LogP contribution in [0.2, 0.25) is 0 Å². The first-order valence-corrected chi connectivity index (χ1v) is 6.42. The summed E-state index contributed by atoms with van der Waals surface area (Å²) in [5, 5.41) is 23.2. The fraction of sp³-hybridized carbons (Fsp3) is 0.786. The van der Waals surface area contributed by atoms with E-state index in [1.165, 1.54) is 0 Å². The topological polar surface area (TPSA) is 49.5 Å². The van der Waals surface area contributed by atoms with Crippen LogP contribution in [-0.4, -0.2) is 44.3 Å². The molecule has 0 saturated heterocycles. The lowest BCUT2D eigenvalue weighted by atomic mass is 9.82. The fourth-order valence-electron chi connectivity index (χ4n) is 2.88. The molecule has 1 aliphatic rings. The second-order valence-corrected chi connectivity index (χ2v) is 6.36.